The van der Waals surface area contributed by atoms with Gasteiger partial charge >= 0.3 is 0 Å². The van der Waals surface area contributed by atoms with Crippen molar-refractivity contribution in [1.29, 1.82) is 0 Å². The maximum absolute atomic E-state index is 13.5. The Balaban J connectivity index is 1.30. The molecule has 3 aromatic rings. The van der Waals surface area contributed by atoms with Crippen LogP contribution >= 0.6 is 0 Å². The summed E-state index contributed by atoms with van der Waals surface area (Å²) in [5, 5.41) is 2.87. The lowest BCUT2D eigenvalue weighted by Crippen LogP contribution is -2.47. The van der Waals surface area contributed by atoms with Crippen molar-refractivity contribution in [3.8, 4) is 5.75 Å². The predicted molar refractivity (Wildman–Crippen MR) is 158 cm³/mol. The second kappa shape index (κ2) is 14.3. The highest BCUT2D eigenvalue weighted by Crippen LogP contribution is 2.30. The number of unbranched alkanes of at least 4 members (excludes halogenated alkanes) is 2. The lowest BCUT2D eigenvalue weighted by Gasteiger charge is -2.32. The Kier molecular flexibility index (Phi) is 10.3. The minimum absolute atomic E-state index is 0.236. The summed E-state index contributed by atoms with van der Waals surface area (Å²) in [5.41, 5.74) is 1.98. The average Bonchev–Trinajstić information content (AvgIpc) is 2.99. The molecule has 1 aliphatic rings. The molecule has 8 nitrogen and oxygen atoms in total. The maximum Gasteiger partial charge on any atom is 0.260 e. The van der Waals surface area contributed by atoms with Crippen molar-refractivity contribution in [2.45, 2.75) is 25.7 Å². The third kappa shape index (κ3) is 7.70. The van der Waals surface area contributed by atoms with E-state index >= 15 is 0 Å². The van der Waals surface area contributed by atoms with E-state index in [1.54, 1.807) is 55.6 Å². The van der Waals surface area contributed by atoms with Crippen LogP contribution in [0.15, 0.2) is 78.9 Å². The number of amides is 3. The van der Waals surface area contributed by atoms with Crippen LogP contribution in [0.3, 0.4) is 0 Å². The summed E-state index contributed by atoms with van der Waals surface area (Å²) < 4.78 is 6.07. The summed E-state index contributed by atoms with van der Waals surface area (Å²) >= 11 is 0. The number of carbonyl (C=O) groups is 3. The molecule has 8 heteroatoms. The fourth-order valence-corrected chi connectivity index (χ4v) is 4.66. The van der Waals surface area contributed by atoms with Crippen LogP contribution in [0.1, 0.15) is 46.4 Å². The molecule has 1 heterocycles. The normalized spacial score (nSPS) is 13.5. The molecule has 1 saturated heterocycles. The lowest BCUT2D eigenvalue weighted by molar-refractivity contribution is -0.132. The summed E-state index contributed by atoms with van der Waals surface area (Å²) in [6.45, 7) is 3.98. The second-order valence-electron chi connectivity index (χ2n) is 10.0. The van der Waals surface area contributed by atoms with Crippen molar-refractivity contribution in [2.75, 3.05) is 57.1 Å². The van der Waals surface area contributed by atoms with Crippen molar-refractivity contribution < 1.29 is 19.1 Å². The van der Waals surface area contributed by atoms with E-state index in [0.29, 0.717) is 41.3 Å². The lowest BCUT2D eigenvalue weighted by atomic mass is 10.1. The van der Waals surface area contributed by atoms with Gasteiger partial charge in [-0.1, -0.05) is 42.5 Å². The van der Waals surface area contributed by atoms with Gasteiger partial charge in [0.05, 0.1) is 23.5 Å². The number of nitrogens with zero attached hydrogens (tertiary/aromatic N) is 3. The SMILES string of the molecule is CN1CCN(C(=O)CCCCCOc2ccccc2N(C)C(=O)c2ccccc2NC(=O)c2ccccc2)CC1. The molecule has 0 radical (unpaired) electrons. The standard InChI is InChI=1S/C32H38N4O4/c1-34-20-22-36(23-21-34)30(37)19-7-4-12-24-40-29-18-11-10-17-28(29)35(2)32(39)26-15-8-9-16-27(26)33-31(38)25-13-5-3-6-14-25/h3,5-6,8-11,13-18H,4,7,12,19-24H2,1-2H3,(H,33,38). The zero-order valence-electron chi connectivity index (χ0n) is 23.3. The van der Waals surface area contributed by atoms with Gasteiger partial charge in [-0.2, -0.15) is 0 Å². The number of para-hydroxylation sites is 3. The number of rotatable bonds is 11. The van der Waals surface area contributed by atoms with Crippen molar-refractivity contribution in [2.24, 2.45) is 0 Å². The highest BCUT2D eigenvalue weighted by atomic mass is 16.5. The first-order valence-electron chi connectivity index (χ1n) is 13.9. The topological polar surface area (TPSA) is 82.2 Å². The molecule has 0 aliphatic carbocycles. The van der Waals surface area contributed by atoms with E-state index in [1.165, 1.54) is 4.90 Å². The molecule has 0 unspecified atom stereocenters. The Morgan fingerprint density at radius 2 is 1.50 bits per heavy atom. The van der Waals surface area contributed by atoms with Crippen molar-refractivity contribution >= 4 is 29.1 Å². The van der Waals surface area contributed by atoms with Gasteiger partial charge in [0.2, 0.25) is 5.91 Å². The van der Waals surface area contributed by atoms with Gasteiger partial charge in [0.25, 0.3) is 11.8 Å². The maximum atomic E-state index is 13.5. The molecule has 1 aliphatic heterocycles. The second-order valence-corrected chi connectivity index (χ2v) is 10.0. The number of likely N-dealkylation sites (N-methyl/N-ethyl adjacent to an activating group) is 1. The Morgan fingerprint density at radius 1 is 0.825 bits per heavy atom. The van der Waals surface area contributed by atoms with Crippen molar-refractivity contribution in [3.05, 3.63) is 90.0 Å². The summed E-state index contributed by atoms with van der Waals surface area (Å²) in [7, 11) is 3.78. The number of nitrogens with one attached hydrogen (secondary N) is 1. The van der Waals surface area contributed by atoms with E-state index in [1.807, 2.05) is 35.2 Å². The molecule has 1 N–H and O–H groups in total. The molecule has 210 valence electrons. The molecule has 0 aromatic heterocycles. The molecule has 3 amide bonds. The van der Waals surface area contributed by atoms with Crippen molar-refractivity contribution in [1.82, 2.24) is 9.80 Å². The average molecular weight is 543 g/mol. The molecule has 0 atom stereocenters. The van der Waals surface area contributed by atoms with Gasteiger partial charge in [-0.3, -0.25) is 14.4 Å². The smallest absolute Gasteiger partial charge is 0.260 e. The van der Waals surface area contributed by atoms with Crippen LogP contribution in [-0.4, -0.2) is 74.4 Å². The van der Waals surface area contributed by atoms with Gasteiger partial charge in [0.15, 0.2) is 0 Å². The molecule has 4 rings (SSSR count). The Morgan fingerprint density at radius 3 is 2.27 bits per heavy atom. The predicted octanol–water partition coefficient (Wildman–Crippen LogP) is 4.93. The molecule has 1 fully saturated rings. The number of ether oxygens (including phenoxy) is 1. The van der Waals surface area contributed by atoms with E-state index in [-0.39, 0.29) is 17.7 Å². The number of piperazine rings is 1. The van der Waals surface area contributed by atoms with Crippen LogP contribution < -0.4 is 15.0 Å². The summed E-state index contributed by atoms with van der Waals surface area (Å²) in [6, 6.07) is 23.3. The van der Waals surface area contributed by atoms with Gasteiger partial charge in [-0.05, 0) is 62.7 Å². The van der Waals surface area contributed by atoms with E-state index in [2.05, 4.69) is 17.3 Å². The highest BCUT2D eigenvalue weighted by molar-refractivity contribution is 6.13. The monoisotopic (exact) mass is 542 g/mol. The van der Waals surface area contributed by atoms with Gasteiger partial charge in [-0.25, -0.2) is 0 Å². The van der Waals surface area contributed by atoms with Crippen LogP contribution in [-0.2, 0) is 4.79 Å². The number of benzene rings is 3. The first-order valence-corrected chi connectivity index (χ1v) is 13.9. The van der Waals surface area contributed by atoms with Gasteiger partial charge in [0.1, 0.15) is 5.75 Å². The summed E-state index contributed by atoms with van der Waals surface area (Å²) in [4.78, 5) is 44.4. The first kappa shape index (κ1) is 28.8. The van der Waals surface area contributed by atoms with Crippen LogP contribution in [0.5, 0.6) is 5.75 Å². The van der Waals surface area contributed by atoms with Gasteiger partial charge < -0.3 is 24.8 Å². The van der Waals surface area contributed by atoms with Crippen LogP contribution in [0.2, 0.25) is 0 Å². The van der Waals surface area contributed by atoms with Gasteiger partial charge in [0, 0.05) is 45.2 Å². The largest absolute Gasteiger partial charge is 0.491 e. The highest BCUT2D eigenvalue weighted by Gasteiger charge is 2.21. The molecule has 0 bridgehead atoms. The van der Waals surface area contributed by atoms with Crippen LogP contribution in [0, 0.1) is 0 Å². The van der Waals surface area contributed by atoms with Crippen LogP contribution in [0.4, 0.5) is 11.4 Å². The molecular weight excluding hydrogens is 504 g/mol. The number of anilines is 2. The Labute approximate surface area is 236 Å². The quantitative estimate of drug-likeness (QED) is 0.348. The zero-order chi connectivity index (χ0) is 28.3. The molecule has 3 aromatic carbocycles. The summed E-state index contributed by atoms with van der Waals surface area (Å²) in [5.74, 6) is 0.303. The van der Waals surface area contributed by atoms with E-state index in [0.717, 1.165) is 45.4 Å². The molecule has 0 spiro atoms. The molecule has 40 heavy (non-hydrogen) atoms. The molecular formula is C32H38N4O4. The Bertz CT molecular complexity index is 1290. The summed E-state index contributed by atoms with van der Waals surface area (Å²) in [6.07, 6.45) is 3.11. The third-order valence-corrected chi connectivity index (χ3v) is 7.12. The fourth-order valence-electron chi connectivity index (χ4n) is 4.66. The number of carbonyl (C=O) groups excluding carboxylic acids is 3. The number of hydrogen-bond donors (Lipinski definition) is 1. The third-order valence-electron chi connectivity index (χ3n) is 7.12. The van der Waals surface area contributed by atoms with E-state index < -0.39 is 0 Å². The molecule has 0 saturated carbocycles. The van der Waals surface area contributed by atoms with Crippen molar-refractivity contribution in [3.63, 3.8) is 0 Å². The van der Waals surface area contributed by atoms with Gasteiger partial charge in [-0.15, -0.1) is 0 Å². The first-order chi connectivity index (χ1) is 19.4. The minimum Gasteiger partial charge on any atom is -0.491 e. The Hall–Kier alpha value is -4.17. The minimum atomic E-state index is -0.280. The number of hydrogen-bond acceptors (Lipinski definition) is 5. The zero-order valence-corrected chi connectivity index (χ0v) is 23.3. The van der Waals surface area contributed by atoms with E-state index in [4.69, 9.17) is 4.74 Å². The van der Waals surface area contributed by atoms with Crippen LogP contribution in [0.25, 0.3) is 0 Å². The fraction of sp³-hybridized carbons (Fsp3) is 0.344. The van der Waals surface area contributed by atoms with E-state index in [9.17, 15) is 14.4 Å².